The summed E-state index contributed by atoms with van der Waals surface area (Å²) in [5, 5.41) is 18.6. The van der Waals surface area contributed by atoms with Crippen molar-refractivity contribution in [2.24, 2.45) is 0 Å². The van der Waals surface area contributed by atoms with E-state index in [4.69, 9.17) is 5.11 Å². The Hall–Kier alpha value is -1.23. The highest BCUT2D eigenvalue weighted by Crippen LogP contribution is 2.50. The van der Waals surface area contributed by atoms with Crippen LogP contribution in [0.25, 0.3) is 0 Å². The minimum atomic E-state index is -1.60. The van der Waals surface area contributed by atoms with Crippen LogP contribution >= 0.6 is 0 Å². The number of phenols is 1. The third-order valence-corrected chi connectivity index (χ3v) is 2.33. The average Bonchev–Trinajstić information content (AvgIpc) is 2.81. The Bertz CT molecular complexity index is 373. The molecule has 1 fully saturated rings. The molecular formula is C9H7F3O2. The summed E-state index contributed by atoms with van der Waals surface area (Å²) in [7, 11) is 0. The van der Waals surface area contributed by atoms with Crippen molar-refractivity contribution >= 4 is 0 Å². The molecule has 2 rings (SSSR count). The van der Waals surface area contributed by atoms with Crippen LogP contribution in [0.5, 0.6) is 5.75 Å². The minimum absolute atomic E-state index is 0.195. The molecule has 0 aliphatic heterocycles. The van der Waals surface area contributed by atoms with E-state index < -0.39 is 34.4 Å². The maximum atomic E-state index is 13.1. The summed E-state index contributed by atoms with van der Waals surface area (Å²) in [6.07, 6.45) is 0.390. The number of rotatable bonds is 1. The topological polar surface area (TPSA) is 40.5 Å². The zero-order valence-electron chi connectivity index (χ0n) is 7.02. The first-order chi connectivity index (χ1) is 6.46. The molecule has 1 aromatic carbocycles. The first-order valence-electron chi connectivity index (χ1n) is 4.05. The number of hydrogen-bond acceptors (Lipinski definition) is 2. The molecule has 5 heteroatoms. The van der Waals surface area contributed by atoms with E-state index in [1.165, 1.54) is 0 Å². The van der Waals surface area contributed by atoms with Gasteiger partial charge in [-0.25, -0.2) is 13.2 Å². The maximum Gasteiger partial charge on any atom is 0.168 e. The number of hydrogen-bond donors (Lipinski definition) is 2. The van der Waals surface area contributed by atoms with E-state index in [9.17, 15) is 18.3 Å². The fourth-order valence-electron chi connectivity index (χ4n) is 1.38. The second-order valence-electron chi connectivity index (χ2n) is 3.41. The molecule has 0 amide bonds. The number of benzene rings is 1. The van der Waals surface area contributed by atoms with Crippen LogP contribution in [0.15, 0.2) is 6.07 Å². The summed E-state index contributed by atoms with van der Waals surface area (Å²) in [6.45, 7) is 0. The molecule has 0 radical (unpaired) electrons. The summed E-state index contributed by atoms with van der Waals surface area (Å²) in [6, 6.07) is 0.250. The lowest BCUT2D eigenvalue weighted by Crippen LogP contribution is -2.10. The Morgan fingerprint density at radius 3 is 2.21 bits per heavy atom. The van der Waals surface area contributed by atoms with Crippen LogP contribution in [-0.4, -0.2) is 10.2 Å². The van der Waals surface area contributed by atoms with Gasteiger partial charge in [-0.05, 0) is 12.8 Å². The number of aromatic hydroxyl groups is 1. The van der Waals surface area contributed by atoms with Crippen molar-refractivity contribution in [3.63, 3.8) is 0 Å². The molecule has 1 aliphatic carbocycles. The Kier molecular flexibility index (Phi) is 1.75. The molecule has 0 atom stereocenters. The zero-order chi connectivity index (χ0) is 10.5. The lowest BCUT2D eigenvalue weighted by molar-refractivity contribution is 0.140. The van der Waals surface area contributed by atoms with Gasteiger partial charge in [-0.3, -0.25) is 0 Å². The maximum absolute atomic E-state index is 13.1. The van der Waals surface area contributed by atoms with E-state index in [2.05, 4.69) is 0 Å². The van der Waals surface area contributed by atoms with Crippen molar-refractivity contribution in [1.29, 1.82) is 0 Å². The fraction of sp³-hybridized carbons (Fsp3) is 0.333. The molecule has 1 aliphatic rings. The Morgan fingerprint density at radius 2 is 1.71 bits per heavy atom. The number of halogens is 3. The van der Waals surface area contributed by atoms with Gasteiger partial charge in [0.25, 0.3) is 0 Å². The van der Waals surface area contributed by atoms with Gasteiger partial charge in [-0.1, -0.05) is 0 Å². The third kappa shape index (κ3) is 1.16. The van der Waals surface area contributed by atoms with Gasteiger partial charge in [0.15, 0.2) is 23.2 Å². The smallest absolute Gasteiger partial charge is 0.168 e. The quantitative estimate of drug-likeness (QED) is 0.684. The van der Waals surface area contributed by atoms with Crippen molar-refractivity contribution in [2.75, 3.05) is 0 Å². The molecule has 0 bridgehead atoms. The van der Waals surface area contributed by atoms with Crippen LogP contribution in [0.4, 0.5) is 13.2 Å². The monoisotopic (exact) mass is 204 g/mol. The van der Waals surface area contributed by atoms with E-state index in [1.54, 1.807) is 0 Å². The number of aliphatic hydroxyl groups is 1. The van der Waals surface area contributed by atoms with Gasteiger partial charge in [0, 0.05) is 6.07 Å². The van der Waals surface area contributed by atoms with Crippen LogP contribution in [0.1, 0.15) is 18.4 Å². The van der Waals surface area contributed by atoms with E-state index in [0.29, 0.717) is 0 Å². The van der Waals surface area contributed by atoms with Crippen LogP contribution in [-0.2, 0) is 5.60 Å². The van der Waals surface area contributed by atoms with E-state index in [0.717, 1.165) is 0 Å². The van der Waals surface area contributed by atoms with Crippen molar-refractivity contribution in [3.8, 4) is 5.75 Å². The third-order valence-electron chi connectivity index (χ3n) is 2.33. The molecule has 0 aromatic heterocycles. The zero-order valence-corrected chi connectivity index (χ0v) is 7.02. The average molecular weight is 204 g/mol. The number of phenolic OH excluding ortho intramolecular Hbond substituents is 1. The van der Waals surface area contributed by atoms with Crippen molar-refractivity contribution < 1.29 is 23.4 Å². The molecule has 1 aromatic rings. The molecule has 0 spiro atoms. The predicted octanol–water partition coefficient (Wildman–Crippen LogP) is 1.79. The summed E-state index contributed by atoms with van der Waals surface area (Å²) >= 11 is 0. The Morgan fingerprint density at radius 1 is 1.14 bits per heavy atom. The molecular weight excluding hydrogens is 197 g/mol. The molecule has 2 N–H and O–H groups in total. The molecule has 2 nitrogen and oxygen atoms in total. The van der Waals surface area contributed by atoms with Gasteiger partial charge < -0.3 is 10.2 Å². The Labute approximate surface area is 77.6 Å². The van der Waals surface area contributed by atoms with Crippen LogP contribution in [0.2, 0.25) is 0 Å². The summed E-state index contributed by atoms with van der Waals surface area (Å²) in [5.41, 5.74) is -2.27. The van der Waals surface area contributed by atoms with E-state index in [1.807, 2.05) is 0 Å². The van der Waals surface area contributed by atoms with Crippen molar-refractivity contribution in [3.05, 3.63) is 29.1 Å². The Balaban J connectivity index is 2.68. The summed E-state index contributed by atoms with van der Waals surface area (Å²) in [5.74, 6) is -5.07. The lowest BCUT2D eigenvalue weighted by atomic mass is 10.1. The highest BCUT2D eigenvalue weighted by Gasteiger charge is 2.47. The SMILES string of the molecule is Oc1c(F)cc(F)c(F)c1C1(O)CC1. The first-order valence-corrected chi connectivity index (χ1v) is 4.05. The van der Waals surface area contributed by atoms with E-state index >= 15 is 0 Å². The fourth-order valence-corrected chi connectivity index (χ4v) is 1.38. The van der Waals surface area contributed by atoms with Crippen LogP contribution < -0.4 is 0 Å². The summed E-state index contributed by atoms with van der Waals surface area (Å²) in [4.78, 5) is 0. The van der Waals surface area contributed by atoms with Gasteiger partial charge in [0.2, 0.25) is 0 Å². The minimum Gasteiger partial charge on any atom is -0.504 e. The molecule has 14 heavy (non-hydrogen) atoms. The van der Waals surface area contributed by atoms with Crippen molar-refractivity contribution in [1.82, 2.24) is 0 Å². The summed E-state index contributed by atoms with van der Waals surface area (Å²) < 4.78 is 38.7. The highest BCUT2D eigenvalue weighted by molar-refractivity contribution is 5.42. The predicted molar refractivity (Wildman–Crippen MR) is 41.1 cm³/mol. The largest absolute Gasteiger partial charge is 0.504 e. The van der Waals surface area contributed by atoms with E-state index in [-0.39, 0.29) is 18.9 Å². The van der Waals surface area contributed by atoms with Gasteiger partial charge in [0.1, 0.15) is 0 Å². The second kappa shape index (κ2) is 2.63. The lowest BCUT2D eigenvalue weighted by Gasteiger charge is -2.12. The van der Waals surface area contributed by atoms with Crippen molar-refractivity contribution in [2.45, 2.75) is 18.4 Å². The molecule has 1 saturated carbocycles. The highest BCUT2D eigenvalue weighted by atomic mass is 19.2. The molecule has 0 saturated heterocycles. The molecule has 0 heterocycles. The van der Waals surface area contributed by atoms with Gasteiger partial charge in [-0.15, -0.1) is 0 Å². The van der Waals surface area contributed by atoms with Crippen LogP contribution in [0, 0.1) is 17.5 Å². The van der Waals surface area contributed by atoms with Gasteiger partial charge in [0.05, 0.1) is 11.2 Å². The van der Waals surface area contributed by atoms with Crippen LogP contribution in [0.3, 0.4) is 0 Å². The first kappa shape index (κ1) is 9.33. The normalized spacial score (nSPS) is 18.3. The second-order valence-corrected chi connectivity index (χ2v) is 3.41. The molecule has 0 unspecified atom stereocenters. The van der Waals surface area contributed by atoms with Gasteiger partial charge >= 0.3 is 0 Å². The standard InChI is InChI=1S/C9H7F3O2/c10-4-3-5(11)8(13)6(7(4)12)9(14)1-2-9/h3,13-14H,1-2H2. The molecule has 76 valence electrons. The van der Waals surface area contributed by atoms with Gasteiger partial charge in [-0.2, -0.15) is 0 Å².